The van der Waals surface area contributed by atoms with Crippen LogP contribution in [0.5, 0.6) is 0 Å². The standard InChI is InChI=1S/C22H26N4O7/c1-4-22(21(32)33,23-16(27)11-24(2)3)12-25-17(28)10-9-15(20(25)31)26-18(29)13-7-5-6-8-14(13)19(26)30/h5-8,15H,4,9-12H2,1-3H3,(H,23,27)(H,32,33)/t15?,22-/m0/s1. The lowest BCUT2D eigenvalue weighted by Gasteiger charge is -2.39. The van der Waals surface area contributed by atoms with Crippen LogP contribution in [0.1, 0.15) is 46.9 Å². The zero-order valence-electron chi connectivity index (χ0n) is 18.7. The van der Waals surface area contributed by atoms with Crippen LogP contribution in [0.3, 0.4) is 0 Å². The molecule has 5 amide bonds. The van der Waals surface area contributed by atoms with Crippen LogP contribution in [0, 0.1) is 0 Å². The normalized spacial score (nSPS) is 20.2. The van der Waals surface area contributed by atoms with Gasteiger partial charge in [-0.25, -0.2) is 4.79 Å². The first kappa shape index (κ1) is 24.1. The van der Waals surface area contributed by atoms with Crippen molar-refractivity contribution < 1.29 is 33.9 Å². The molecule has 1 aromatic rings. The van der Waals surface area contributed by atoms with Crippen LogP contribution in [0.2, 0.25) is 0 Å². The molecular weight excluding hydrogens is 432 g/mol. The van der Waals surface area contributed by atoms with Gasteiger partial charge in [0.05, 0.1) is 24.2 Å². The summed E-state index contributed by atoms with van der Waals surface area (Å²) < 4.78 is 0. The molecule has 0 aromatic heterocycles. The Hall–Kier alpha value is -3.60. The minimum Gasteiger partial charge on any atom is -0.479 e. The van der Waals surface area contributed by atoms with Crippen molar-refractivity contribution in [3.8, 4) is 0 Å². The van der Waals surface area contributed by atoms with E-state index in [4.69, 9.17) is 0 Å². The van der Waals surface area contributed by atoms with E-state index in [1.165, 1.54) is 19.1 Å². The van der Waals surface area contributed by atoms with Crippen LogP contribution < -0.4 is 5.32 Å². The van der Waals surface area contributed by atoms with Gasteiger partial charge in [-0.2, -0.15) is 0 Å². The maximum atomic E-state index is 13.3. The highest BCUT2D eigenvalue weighted by molar-refractivity contribution is 6.23. The lowest BCUT2D eigenvalue weighted by Crippen LogP contribution is -2.65. The number of piperidine rings is 1. The fraction of sp³-hybridized carbons (Fsp3) is 0.455. The van der Waals surface area contributed by atoms with Gasteiger partial charge in [-0.1, -0.05) is 19.1 Å². The van der Waals surface area contributed by atoms with Crippen molar-refractivity contribution in [1.82, 2.24) is 20.0 Å². The molecule has 0 bridgehead atoms. The van der Waals surface area contributed by atoms with Crippen LogP contribution in [-0.2, 0) is 19.2 Å². The zero-order chi connectivity index (χ0) is 24.5. The maximum Gasteiger partial charge on any atom is 0.331 e. The number of likely N-dealkylation sites (tertiary alicyclic amines) is 1. The van der Waals surface area contributed by atoms with Gasteiger partial charge in [-0.3, -0.25) is 33.8 Å². The number of carboxylic acid groups (broad SMARTS) is 1. The highest BCUT2D eigenvalue weighted by Crippen LogP contribution is 2.30. The molecule has 0 aliphatic carbocycles. The molecule has 2 atom stereocenters. The molecule has 33 heavy (non-hydrogen) atoms. The van der Waals surface area contributed by atoms with Crippen molar-refractivity contribution in [2.45, 2.75) is 37.8 Å². The third kappa shape index (κ3) is 4.36. The van der Waals surface area contributed by atoms with Crippen LogP contribution in [0.25, 0.3) is 0 Å². The molecule has 3 rings (SSSR count). The first-order valence-corrected chi connectivity index (χ1v) is 10.5. The molecule has 1 saturated heterocycles. The summed E-state index contributed by atoms with van der Waals surface area (Å²) in [6.07, 6.45) is -0.316. The minimum atomic E-state index is -1.91. The Morgan fingerprint density at radius 1 is 1.12 bits per heavy atom. The Morgan fingerprint density at radius 3 is 2.18 bits per heavy atom. The molecule has 11 heteroatoms. The van der Waals surface area contributed by atoms with Crippen molar-refractivity contribution >= 4 is 35.5 Å². The number of carbonyl (C=O) groups excluding carboxylic acids is 5. The topological polar surface area (TPSA) is 144 Å². The second-order valence-electron chi connectivity index (χ2n) is 8.43. The second-order valence-corrected chi connectivity index (χ2v) is 8.43. The van der Waals surface area contributed by atoms with Crippen LogP contribution in [-0.4, -0.2) is 94.1 Å². The number of hydrogen-bond donors (Lipinski definition) is 2. The summed E-state index contributed by atoms with van der Waals surface area (Å²) in [6, 6.07) is 4.93. The van der Waals surface area contributed by atoms with E-state index in [9.17, 15) is 33.9 Å². The largest absolute Gasteiger partial charge is 0.479 e. The quantitative estimate of drug-likeness (QED) is 0.506. The molecule has 2 N–H and O–H groups in total. The van der Waals surface area contributed by atoms with Crippen molar-refractivity contribution in [3.05, 3.63) is 35.4 Å². The number of nitrogens with zero attached hydrogens (tertiary/aromatic N) is 3. The van der Waals surface area contributed by atoms with E-state index in [0.29, 0.717) is 0 Å². The van der Waals surface area contributed by atoms with Gasteiger partial charge in [0.15, 0.2) is 5.54 Å². The number of amides is 5. The Kier molecular flexibility index (Phi) is 6.63. The van der Waals surface area contributed by atoms with E-state index in [0.717, 1.165) is 9.80 Å². The summed E-state index contributed by atoms with van der Waals surface area (Å²) in [5, 5.41) is 12.3. The SMILES string of the molecule is CC[C@@](CN1C(=O)CCC(N2C(=O)c3ccccc3C2=O)C1=O)(NC(=O)CN(C)C)C(=O)O. The average Bonchev–Trinajstić information content (AvgIpc) is 3.00. The molecule has 0 spiro atoms. The fourth-order valence-electron chi connectivity index (χ4n) is 4.09. The molecular formula is C22H26N4O7. The number of imide groups is 2. The summed E-state index contributed by atoms with van der Waals surface area (Å²) in [5.74, 6) is -4.74. The number of carboxylic acids is 1. The average molecular weight is 458 g/mol. The fourth-order valence-corrected chi connectivity index (χ4v) is 4.09. The molecule has 1 unspecified atom stereocenters. The molecule has 0 radical (unpaired) electrons. The first-order chi connectivity index (χ1) is 15.5. The predicted molar refractivity (Wildman–Crippen MR) is 114 cm³/mol. The Bertz CT molecular complexity index is 1000. The number of fused-ring (bicyclic) bond motifs is 1. The van der Waals surface area contributed by atoms with Crippen molar-refractivity contribution in [1.29, 1.82) is 0 Å². The van der Waals surface area contributed by atoms with E-state index in [-0.39, 0.29) is 36.9 Å². The van der Waals surface area contributed by atoms with Crippen molar-refractivity contribution in [2.24, 2.45) is 0 Å². The number of likely N-dealkylation sites (N-methyl/N-ethyl adjacent to an activating group) is 1. The third-order valence-corrected chi connectivity index (χ3v) is 5.90. The molecule has 1 aromatic carbocycles. The number of aliphatic carboxylic acids is 1. The molecule has 176 valence electrons. The van der Waals surface area contributed by atoms with Gasteiger partial charge in [0, 0.05) is 6.42 Å². The van der Waals surface area contributed by atoms with Crippen LogP contribution >= 0.6 is 0 Å². The lowest BCUT2D eigenvalue weighted by atomic mass is 9.92. The summed E-state index contributed by atoms with van der Waals surface area (Å²) in [5.41, 5.74) is -1.58. The summed E-state index contributed by atoms with van der Waals surface area (Å²) in [6.45, 7) is 0.814. The van der Waals surface area contributed by atoms with Gasteiger partial charge in [0.25, 0.3) is 17.7 Å². The maximum absolute atomic E-state index is 13.3. The van der Waals surface area contributed by atoms with E-state index >= 15 is 0 Å². The summed E-state index contributed by atoms with van der Waals surface area (Å²) in [7, 11) is 3.27. The summed E-state index contributed by atoms with van der Waals surface area (Å²) in [4.78, 5) is 79.2. The Balaban J connectivity index is 1.88. The van der Waals surface area contributed by atoms with Gasteiger partial charge in [-0.05, 0) is 39.1 Å². The molecule has 2 aliphatic rings. The molecule has 11 nitrogen and oxygen atoms in total. The smallest absolute Gasteiger partial charge is 0.331 e. The molecule has 2 heterocycles. The van der Waals surface area contributed by atoms with Gasteiger partial charge in [0.2, 0.25) is 11.8 Å². The number of carbonyl (C=O) groups is 6. The highest BCUT2D eigenvalue weighted by atomic mass is 16.4. The predicted octanol–water partition coefficient (Wildman–Crippen LogP) is -0.289. The number of hydrogen-bond acceptors (Lipinski definition) is 7. The van der Waals surface area contributed by atoms with Gasteiger partial charge in [0.1, 0.15) is 6.04 Å². The first-order valence-electron chi connectivity index (χ1n) is 10.5. The van der Waals surface area contributed by atoms with Gasteiger partial charge in [-0.15, -0.1) is 0 Å². The number of rotatable bonds is 8. The highest BCUT2D eigenvalue weighted by Gasteiger charge is 2.50. The zero-order valence-corrected chi connectivity index (χ0v) is 18.7. The van der Waals surface area contributed by atoms with E-state index in [1.807, 2.05) is 0 Å². The second kappa shape index (κ2) is 9.10. The molecule has 0 saturated carbocycles. The Morgan fingerprint density at radius 2 is 1.70 bits per heavy atom. The van der Waals surface area contributed by atoms with Crippen LogP contribution in [0.15, 0.2) is 24.3 Å². The van der Waals surface area contributed by atoms with E-state index in [2.05, 4.69) is 5.32 Å². The number of nitrogens with one attached hydrogen (secondary N) is 1. The van der Waals surface area contributed by atoms with Crippen molar-refractivity contribution in [3.63, 3.8) is 0 Å². The molecule has 2 aliphatic heterocycles. The van der Waals surface area contributed by atoms with Crippen LogP contribution in [0.4, 0.5) is 0 Å². The Labute approximate surface area is 190 Å². The third-order valence-electron chi connectivity index (χ3n) is 5.90. The van der Waals surface area contributed by atoms with Gasteiger partial charge < -0.3 is 15.3 Å². The van der Waals surface area contributed by atoms with Gasteiger partial charge >= 0.3 is 5.97 Å². The monoisotopic (exact) mass is 458 g/mol. The summed E-state index contributed by atoms with van der Waals surface area (Å²) >= 11 is 0. The molecule has 1 fully saturated rings. The number of benzene rings is 1. The lowest BCUT2D eigenvalue weighted by molar-refractivity contribution is -0.157. The van der Waals surface area contributed by atoms with E-state index < -0.39 is 53.6 Å². The van der Waals surface area contributed by atoms with E-state index in [1.54, 1.807) is 31.1 Å². The van der Waals surface area contributed by atoms with Crippen molar-refractivity contribution in [2.75, 3.05) is 27.2 Å². The minimum absolute atomic E-state index is 0.0567.